The van der Waals surface area contributed by atoms with E-state index in [4.69, 9.17) is 9.47 Å². The Hall–Kier alpha value is -2.94. The van der Waals surface area contributed by atoms with Crippen LogP contribution in [0.5, 0.6) is 0 Å². The molecule has 2 aliphatic heterocycles. The molecular formula is C24H32N4O5. The number of nitrogens with zero attached hydrogens (tertiary/aromatic N) is 4. The fourth-order valence-electron chi connectivity index (χ4n) is 5.02. The Bertz CT molecular complexity index is 1060. The lowest BCUT2D eigenvalue weighted by atomic mass is 9.91. The van der Waals surface area contributed by atoms with Crippen molar-refractivity contribution in [2.24, 2.45) is 0 Å². The highest BCUT2D eigenvalue weighted by molar-refractivity contribution is 5.98. The number of carbonyl (C=O) groups excluding carboxylic acids is 3. The third kappa shape index (κ3) is 4.59. The molecule has 2 saturated heterocycles. The van der Waals surface area contributed by atoms with Gasteiger partial charge in [-0.25, -0.2) is 4.98 Å². The number of aromatic nitrogens is 2. The number of benzene rings is 1. The van der Waals surface area contributed by atoms with Gasteiger partial charge in [0.05, 0.1) is 36.2 Å². The Morgan fingerprint density at radius 2 is 1.94 bits per heavy atom. The highest BCUT2D eigenvalue weighted by atomic mass is 16.5. The van der Waals surface area contributed by atoms with Crippen molar-refractivity contribution in [3.05, 3.63) is 29.6 Å². The van der Waals surface area contributed by atoms with Gasteiger partial charge in [-0.3, -0.25) is 14.4 Å². The topological polar surface area (TPSA) is 94.0 Å². The van der Waals surface area contributed by atoms with Gasteiger partial charge in [0.2, 0.25) is 5.91 Å². The molecule has 4 rings (SSSR count). The fourth-order valence-corrected chi connectivity index (χ4v) is 5.02. The quantitative estimate of drug-likeness (QED) is 0.619. The number of imidazole rings is 1. The molecule has 9 heteroatoms. The molecule has 0 spiro atoms. The molecule has 1 atom stereocenters. The van der Waals surface area contributed by atoms with Crippen molar-refractivity contribution in [2.75, 3.05) is 39.5 Å². The SMILES string of the molecule is CCn1c(C)nc2cc(C(=O)N3CCCC3(COC(C)=O)CC(=O)N3CCOCC3)ccc21. The Morgan fingerprint density at radius 3 is 2.64 bits per heavy atom. The molecule has 2 aliphatic rings. The maximum Gasteiger partial charge on any atom is 0.302 e. The Balaban J connectivity index is 1.62. The zero-order valence-corrected chi connectivity index (χ0v) is 19.6. The summed E-state index contributed by atoms with van der Waals surface area (Å²) >= 11 is 0. The van der Waals surface area contributed by atoms with Crippen molar-refractivity contribution >= 4 is 28.8 Å². The van der Waals surface area contributed by atoms with Gasteiger partial charge in [-0.15, -0.1) is 0 Å². The summed E-state index contributed by atoms with van der Waals surface area (Å²) in [5.41, 5.74) is 1.43. The van der Waals surface area contributed by atoms with Crippen molar-refractivity contribution in [3.63, 3.8) is 0 Å². The van der Waals surface area contributed by atoms with Crippen molar-refractivity contribution < 1.29 is 23.9 Å². The van der Waals surface area contributed by atoms with E-state index in [1.54, 1.807) is 9.80 Å². The number of aryl methyl sites for hydroxylation is 2. The highest BCUT2D eigenvalue weighted by Crippen LogP contribution is 2.35. The van der Waals surface area contributed by atoms with Gasteiger partial charge in [0.1, 0.15) is 12.4 Å². The molecule has 2 fully saturated rings. The first-order chi connectivity index (χ1) is 15.8. The second-order valence-corrected chi connectivity index (χ2v) is 8.84. The maximum atomic E-state index is 13.7. The molecule has 33 heavy (non-hydrogen) atoms. The summed E-state index contributed by atoms with van der Waals surface area (Å²) in [6, 6.07) is 5.56. The highest BCUT2D eigenvalue weighted by Gasteiger charge is 2.47. The molecule has 1 aromatic carbocycles. The van der Waals surface area contributed by atoms with E-state index in [9.17, 15) is 14.4 Å². The zero-order valence-electron chi connectivity index (χ0n) is 19.6. The summed E-state index contributed by atoms with van der Waals surface area (Å²) in [5.74, 6) is 0.269. The van der Waals surface area contributed by atoms with Crippen LogP contribution in [0.3, 0.4) is 0 Å². The van der Waals surface area contributed by atoms with Crippen molar-refractivity contribution in [3.8, 4) is 0 Å². The first-order valence-electron chi connectivity index (χ1n) is 11.6. The molecule has 3 heterocycles. The number of likely N-dealkylation sites (tertiary alicyclic amines) is 1. The van der Waals surface area contributed by atoms with Crippen molar-refractivity contribution in [1.82, 2.24) is 19.4 Å². The van der Waals surface area contributed by atoms with Crippen molar-refractivity contribution in [1.29, 1.82) is 0 Å². The monoisotopic (exact) mass is 456 g/mol. The summed E-state index contributed by atoms with van der Waals surface area (Å²) in [4.78, 5) is 46.6. The summed E-state index contributed by atoms with van der Waals surface area (Å²) in [6.45, 7) is 8.77. The summed E-state index contributed by atoms with van der Waals surface area (Å²) < 4.78 is 12.9. The number of amides is 2. The van der Waals surface area contributed by atoms with E-state index in [1.165, 1.54) is 6.92 Å². The lowest BCUT2D eigenvalue weighted by molar-refractivity contribution is -0.148. The van der Waals surface area contributed by atoms with Crippen LogP contribution in [0.25, 0.3) is 11.0 Å². The summed E-state index contributed by atoms with van der Waals surface area (Å²) in [6.07, 6.45) is 1.47. The summed E-state index contributed by atoms with van der Waals surface area (Å²) in [5, 5.41) is 0. The largest absolute Gasteiger partial charge is 0.463 e. The van der Waals surface area contributed by atoms with Crippen LogP contribution in [0.4, 0.5) is 0 Å². The average Bonchev–Trinajstić information content (AvgIpc) is 3.37. The third-order valence-corrected chi connectivity index (χ3v) is 6.73. The van der Waals surface area contributed by atoms with E-state index in [0.717, 1.165) is 29.8 Å². The standard InChI is InChI=1S/C24H32N4O5/c1-4-27-17(2)25-20-14-19(6-7-21(20)27)23(31)28-9-5-8-24(28,16-33-18(3)29)15-22(30)26-10-12-32-13-11-26/h6-7,14H,4-5,8-13,15-16H2,1-3H3. The van der Waals surface area contributed by atoms with Gasteiger partial charge in [0.25, 0.3) is 5.91 Å². The van der Waals surface area contributed by atoms with Crippen LogP contribution in [0.15, 0.2) is 18.2 Å². The van der Waals surface area contributed by atoms with E-state index in [2.05, 4.69) is 16.5 Å². The van der Waals surface area contributed by atoms with E-state index >= 15 is 0 Å². The third-order valence-electron chi connectivity index (χ3n) is 6.73. The van der Waals surface area contributed by atoms with Crippen LogP contribution < -0.4 is 0 Å². The Morgan fingerprint density at radius 1 is 1.18 bits per heavy atom. The van der Waals surface area contributed by atoms with Gasteiger partial charge in [-0.1, -0.05) is 0 Å². The molecule has 1 unspecified atom stereocenters. The predicted octanol–water partition coefficient (Wildman–Crippen LogP) is 2.15. The number of ether oxygens (including phenoxy) is 2. The zero-order chi connectivity index (χ0) is 23.6. The molecule has 0 N–H and O–H groups in total. The first kappa shape index (κ1) is 23.2. The van der Waals surface area contributed by atoms with Crippen LogP contribution in [-0.2, 0) is 25.6 Å². The van der Waals surface area contributed by atoms with Gasteiger partial charge < -0.3 is 23.8 Å². The number of morpholine rings is 1. The van der Waals surface area contributed by atoms with Gasteiger partial charge >= 0.3 is 5.97 Å². The number of hydrogen-bond donors (Lipinski definition) is 0. The predicted molar refractivity (Wildman–Crippen MR) is 122 cm³/mol. The number of rotatable bonds is 6. The Labute approximate surface area is 193 Å². The lowest BCUT2D eigenvalue weighted by Gasteiger charge is -2.39. The molecule has 2 aromatic rings. The molecule has 0 bridgehead atoms. The van der Waals surface area contributed by atoms with E-state index < -0.39 is 11.5 Å². The lowest BCUT2D eigenvalue weighted by Crippen LogP contribution is -2.54. The van der Waals surface area contributed by atoms with E-state index in [1.807, 2.05) is 25.1 Å². The van der Waals surface area contributed by atoms with Gasteiger partial charge in [-0.05, 0) is 44.9 Å². The van der Waals surface area contributed by atoms with Crippen LogP contribution >= 0.6 is 0 Å². The van der Waals surface area contributed by atoms with Gasteiger partial charge in [0, 0.05) is 38.7 Å². The minimum absolute atomic E-state index is 0.00989. The second-order valence-electron chi connectivity index (χ2n) is 8.84. The number of carbonyl (C=O) groups is 3. The molecule has 0 aliphatic carbocycles. The minimum Gasteiger partial charge on any atom is -0.463 e. The molecular weight excluding hydrogens is 424 g/mol. The van der Waals surface area contributed by atoms with Crippen molar-refractivity contribution in [2.45, 2.75) is 52.1 Å². The maximum absolute atomic E-state index is 13.7. The first-order valence-corrected chi connectivity index (χ1v) is 11.6. The number of hydrogen-bond acceptors (Lipinski definition) is 6. The number of fused-ring (bicyclic) bond motifs is 1. The molecule has 2 amide bonds. The van der Waals surface area contributed by atoms with E-state index in [-0.39, 0.29) is 24.8 Å². The van der Waals surface area contributed by atoms with Crippen LogP contribution in [0.2, 0.25) is 0 Å². The molecule has 0 radical (unpaired) electrons. The molecule has 0 saturated carbocycles. The average molecular weight is 457 g/mol. The van der Waals surface area contributed by atoms with Crippen LogP contribution in [0, 0.1) is 6.92 Å². The Kier molecular flexibility index (Phi) is 6.69. The summed E-state index contributed by atoms with van der Waals surface area (Å²) in [7, 11) is 0. The number of esters is 1. The van der Waals surface area contributed by atoms with Crippen LogP contribution in [-0.4, -0.2) is 82.1 Å². The molecule has 1 aromatic heterocycles. The minimum atomic E-state index is -0.855. The molecule has 9 nitrogen and oxygen atoms in total. The normalized spacial score (nSPS) is 20.9. The smallest absolute Gasteiger partial charge is 0.302 e. The fraction of sp³-hybridized carbons (Fsp3) is 0.583. The second kappa shape index (κ2) is 9.51. The van der Waals surface area contributed by atoms with Crippen LogP contribution in [0.1, 0.15) is 49.3 Å². The molecule has 178 valence electrons. The van der Waals surface area contributed by atoms with Gasteiger partial charge in [0.15, 0.2) is 0 Å². The van der Waals surface area contributed by atoms with Gasteiger partial charge in [-0.2, -0.15) is 0 Å². The van der Waals surface area contributed by atoms with E-state index in [0.29, 0.717) is 44.8 Å².